The highest BCUT2D eigenvalue weighted by molar-refractivity contribution is 7.99. The van der Waals surface area contributed by atoms with Gasteiger partial charge in [-0.1, -0.05) is 0 Å². The highest BCUT2D eigenvalue weighted by Crippen LogP contribution is 2.43. The molecule has 4 heteroatoms. The van der Waals surface area contributed by atoms with E-state index in [1.165, 1.54) is 0 Å². The van der Waals surface area contributed by atoms with Crippen molar-refractivity contribution in [1.82, 2.24) is 0 Å². The Morgan fingerprint density at radius 2 is 2.38 bits per heavy atom. The molecule has 2 rings (SSSR count). The first-order valence-electron chi connectivity index (χ1n) is 5.43. The van der Waals surface area contributed by atoms with E-state index in [4.69, 9.17) is 10.5 Å². The molecule has 0 radical (unpaired) electrons. The molecule has 1 aliphatic rings. The zero-order valence-electron chi connectivity index (χ0n) is 9.40. The maximum Gasteiger partial charge on any atom is 0.119 e. The summed E-state index contributed by atoms with van der Waals surface area (Å²) in [5, 5.41) is 10.6. The Hall–Kier alpha value is -0.710. The van der Waals surface area contributed by atoms with Crippen molar-refractivity contribution < 1.29 is 9.84 Å². The molecule has 1 aromatic carbocycles. The van der Waals surface area contributed by atoms with Crippen LogP contribution in [0.3, 0.4) is 0 Å². The molecule has 0 saturated heterocycles. The lowest BCUT2D eigenvalue weighted by molar-refractivity contribution is 0.0225. The van der Waals surface area contributed by atoms with Crippen molar-refractivity contribution in [3.63, 3.8) is 0 Å². The van der Waals surface area contributed by atoms with Crippen LogP contribution in [0, 0.1) is 0 Å². The Balaban J connectivity index is 2.42. The second kappa shape index (κ2) is 4.65. The molecule has 1 atom stereocenters. The van der Waals surface area contributed by atoms with E-state index in [1.807, 2.05) is 18.2 Å². The molecule has 0 aromatic heterocycles. The lowest BCUT2D eigenvalue weighted by Crippen LogP contribution is -2.32. The summed E-state index contributed by atoms with van der Waals surface area (Å²) >= 11 is 1.78. The van der Waals surface area contributed by atoms with Crippen molar-refractivity contribution in [3.8, 4) is 5.75 Å². The van der Waals surface area contributed by atoms with Gasteiger partial charge in [-0.05, 0) is 37.6 Å². The van der Waals surface area contributed by atoms with Crippen LogP contribution in [-0.2, 0) is 5.60 Å². The average molecular weight is 239 g/mol. The molecular weight excluding hydrogens is 222 g/mol. The number of nitrogens with two attached hydrogens (primary N) is 1. The van der Waals surface area contributed by atoms with Crippen molar-refractivity contribution in [2.75, 3.05) is 19.4 Å². The molecule has 0 spiro atoms. The van der Waals surface area contributed by atoms with Crippen LogP contribution in [0.4, 0.5) is 0 Å². The van der Waals surface area contributed by atoms with Gasteiger partial charge in [0.1, 0.15) is 5.75 Å². The van der Waals surface area contributed by atoms with Crippen molar-refractivity contribution in [2.45, 2.75) is 23.3 Å². The van der Waals surface area contributed by atoms with Crippen molar-refractivity contribution >= 4 is 11.8 Å². The molecule has 1 heterocycles. The van der Waals surface area contributed by atoms with E-state index in [9.17, 15) is 5.11 Å². The molecule has 0 amide bonds. The van der Waals surface area contributed by atoms with Gasteiger partial charge in [0.15, 0.2) is 0 Å². The minimum absolute atomic E-state index is 0.498. The topological polar surface area (TPSA) is 55.5 Å². The van der Waals surface area contributed by atoms with E-state index in [1.54, 1.807) is 18.9 Å². The van der Waals surface area contributed by atoms with Gasteiger partial charge in [-0.15, -0.1) is 11.8 Å². The predicted octanol–water partition coefficient (Wildman–Crippen LogP) is 1.73. The molecule has 0 saturated carbocycles. The molecule has 3 nitrogen and oxygen atoms in total. The van der Waals surface area contributed by atoms with Gasteiger partial charge in [-0.2, -0.15) is 0 Å². The Kier molecular flexibility index (Phi) is 3.42. The fraction of sp³-hybridized carbons (Fsp3) is 0.500. The van der Waals surface area contributed by atoms with Crippen molar-refractivity contribution in [3.05, 3.63) is 23.8 Å². The third kappa shape index (κ3) is 2.05. The molecular formula is C12H17NO2S. The third-order valence-electron chi connectivity index (χ3n) is 3.02. The molecule has 1 aliphatic heterocycles. The summed E-state index contributed by atoms with van der Waals surface area (Å²) in [4.78, 5) is 1.14. The Morgan fingerprint density at radius 3 is 3.06 bits per heavy atom. The predicted molar refractivity (Wildman–Crippen MR) is 65.9 cm³/mol. The SMILES string of the molecule is COc1ccc2c(c1)C(O)(CCN)CCS2. The highest BCUT2D eigenvalue weighted by atomic mass is 32.2. The number of methoxy groups -OCH3 is 1. The number of rotatable bonds is 3. The molecule has 88 valence electrons. The van der Waals surface area contributed by atoms with E-state index < -0.39 is 5.60 Å². The summed E-state index contributed by atoms with van der Waals surface area (Å²) < 4.78 is 5.20. The fourth-order valence-electron chi connectivity index (χ4n) is 2.09. The lowest BCUT2D eigenvalue weighted by Gasteiger charge is -2.34. The zero-order valence-corrected chi connectivity index (χ0v) is 10.2. The average Bonchev–Trinajstić information content (AvgIpc) is 2.29. The van der Waals surface area contributed by atoms with Crippen LogP contribution in [0.5, 0.6) is 5.75 Å². The van der Waals surface area contributed by atoms with Crippen LogP contribution < -0.4 is 10.5 Å². The summed E-state index contributed by atoms with van der Waals surface area (Å²) in [5.41, 5.74) is 5.77. The van der Waals surface area contributed by atoms with Gasteiger partial charge < -0.3 is 15.6 Å². The number of aliphatic hydroxyl groups is 1. The van der Waals surface area contributed by atoms with Gasteiger partial charge in [-0.25, -0.2) is 0 Å². The van der Waals surface area contributed by atoms with Crippen LogP contribution in [0.2, 0.25) is 0 Å². The number of fused-ring (bicyclic) bond motifs is 1. The second-order valence-corrected chi connectivity index (χ2v) is 5.17. The van der Waals surface area contributed by atoms with Crippen molar-refractivity contribution in [2.24, 2.45) is 5.73 Å². The zero-order chi connectivity index (χ0) is 11.6. The van der Waals surface area contributed by atoms with Gasteiger partial charge in [0.2, 0.25) is 0 Å². The maximum atomic E-state index is 10.6. The summed E-state index contributed by atoms with van der Waals surface area (Å²) in [6.07, 6.45) is 1.36. The lowest BCUT2D eigenvalue weighted by atomic mass is 9.87. The van der Waals surface area contributed by atoms with Crippen LogP contribution in [0.25, 0.3) is 0 Å². The van der Waals surface area contributed by atoms with E-state index in [-0.39, 0.29) is 0 Å². The van der Waals surface area contributed by atoms with Crippen LogP contribution in [0.15, 0.2) is 23.1 Å². The van der Waals surface area contributed by atoms with Gasteiger partial charge in [0.25, 0.3) is 0 Å². The van der Waals surface area contributed by atoms with E-state index >= 15 is 0 Å². The first-order chi connectivity index (χ1) is 7.69. The summed E-state index contributed by atoms with van der Waals surface area (Å²) in [6.45, 7) is 0.498. The fourth-order valence-corrected chi connectivity index (χ4v) is 3.32. The minimum atomic E-state index is -0.774. The molecule has 0 aliphatic carbocycles. The first kappa shape index (κ1) is 11.8. The van der Waals surface area contributed by atoms with Crippen molar-refractivity contribution in [1.29, 1.82) is 0 Å². The van der Waals surface area contributed by atoms with Gasteiger partial charge in [-0.3, -0.25) is 0 Å². The summed E-state index contributed by atoms with van der Waals surface area (Å²) in [7, 11) is 1.64. The Labute approximate surface area is 100.0 Å². The molecule has 0 bridgehead atoms. The first-order valence-corrected chi connectivity index (χ1v) is 6.42. The molecule has 1 unspecified atom stereocenters. The standard InChI is InChI=1S/C12H17NO2S/c1-15-9-2-3-11-10(8-9)12(14,4-6-13)5-7-16-11/h2-3,8,14H,4-7,13H2,1H3. The van der Waals surface area contributed by atoms with E-state index in [0.717, 1.165) is 28.4 Å². The molecule has 1 aromatic rings. The van der Waals surface area contributed by atoms with Gasteiger partial charge in [0.05, 0.1) is 12.7 Å². The van der Waals surface area contributed by atoms with E-state index in [0.29, 0.717) is 13.0 Å². The largest absolute Gasteiger partial charge is 0.497 e. The molecule has 16 heavy (non-hydrogen) atoms. The Morgan fingerprint density at radius 1 is 1.56 bits per heavy atom. The maximum absolute atomic E-state index is 10.6. The van der Waals surface area contributed by atoms with Gasteiger partial charge in [0, 0.05) is 16.2 Å². The smallest absolute Gasteiger partial charge is 0.119 e. The van der Waals surface area contributed by atoms with Crippen LogP contribution in [0.1, 0.15) is 18.4 Å². The molecule has 0 fully saturated rings. The highest BCUT2D eigenvalue weighted by Gasteiger charge is 2.34. The second-order valence-electron chi connectivity index (χ2n) is 4.03. The van der Waals surface area contributed by atoms with E-state index in [2.05, 4.69) is 0 Å². The summed E-state index contributed by atoms with van der Waals surface area (Å²) in [5.74, 6) is 1.73. The summed E-state index contributed by atoms with van der Waals surface area (Å²) in [6, 6.07) is 5.87. The number of hydrogen-bond donors (Lipinski definition) is 2. The number of thioether (sulfide) groups is 1. The number of hydrogen-bond acceptors (Lipinski definition) is 4. The van der Waals surface area contributed by atoms with Crippen LogP contribution >= 0.6 is 11.8 Å². The monoisotopic (exact) mass is 239 g/mol. The Bertz CT molecular complexity index is 383. The third-order valence-corrected chi connectivity index (χ3v) is 4.09. The quantitative estimate of drug-likeness (QED) is 0.843. The van der Waals surface area contributed by atoms with Crippen LogP contribution in [-0.4, -0.2) is 24.5 Å². The minimum Gasteiger partial charge on any atom is -0.497 e. The number of ether oxygens (including phenoxy) is 1. The number of benzene rings is 1. The van der Waals surface area contributed by atoms with Gasteiger partial charge >= 0.3 is 0 Å². The molecule has 3 N–H and O–H groups in total. The normalized spacial score (nSPS) is 23.9.